The Kier molecular flexibility index (Phi) is 7.83. The van der Waals surface area contributed by atoms with Crippen LogP contribution in [0.15, 0.2) is 73.2 Å². The lowest BCUT2D eigenvalue weighted by Crippen LogP contribution is -2.11. The fourth-order valence-electron chi connectivity index (χ4n) is 4.27. The molecule has 9 nitrogen and oxygen atoms in total. The van der Waals surface area contributed by atoms with Gasteiger partial charge in [-0.1, -0.05) is 36.4 Å². The molecule has 1 N–H and O–H groups in total. The number of aliphatic hydroxyl groups excluding tert-OH is 1. The Balaban J connectivity index is 1.57. The zero-order valence-corrected chi connectivity index (χ0v) is 21.2. The summed E-state index contributed by atoms with van der Waals surface area (Å²) in [6.07, 6.45) is 4.80. The van der Waals surface area contributed by atoms with Crippen LogP contribution in [0.25, 0.3) is 22.4 Å². The second-order valence-corrected chi connectivity index (χ2v) is 8.62. The fourth-order valence-corrected chi connectivity index (χ4v) is 4.27. The minimum Gasteiger partial charge on any atom is -0.488 e. The number of para-hydroxylation sites is 1. The minimum absolute atomic E-state index is 0.0526. The smallest absolute Gasteiger partial charge is 0.339 e. The summed E-state index contributed by atoms with van der Waals surface area (Å²) in [6, 6.07) is 15.9. The number of carbonyl (C=O) groups is 1. The molecule has 0 saturated heterocycles. The molecule has 0 aliphatic rings. The Hall–Kier alpha value is -4.70. The first kappa shape index (κ1) is 25.9. The first-order valence-electron chi connectivity index (χ1n) is 12.5. The molecule has 0 amide bonds. The topological polar surface area (TPSA) is 112 Å². The van der Waals surface area contributed by atoms with Crippen LogP contribution in [0.5, 0.6) is 5.75 Å². The number of fused-ring (bicyclic) bond motifs is 1. The van der Waals surface area contributed by atoms with Gasteiger partial charge in [-0.2, -0.15) is 5.10 Å². The van der Waals surface area contributed by atoms with Crippen molar-refractivity contribution < 1.29 is 23.8 Å². The second kappa shape index (κ2) is 11.8. The molecule has 0 radical (unpaired) electrons. The summed E-state index contributed by atoms with van der Waals surface area (Å²) in [6.45, 7) is 2.07. The molecule has 0 spiro atoms. The van der Waals surface area contributed by atoms with E-state index in [1.807, 2.05) is 24.3 Å². The van der Waals surface area contributed by atoms with Gasteiger partial charge in [-0.15, -0.1) is 0 Å². The van der Waals surface area contributed by atoms with Gasteiger partial charge >= 0.3 is 5.97 Å². The van der Waals surface area contributed by atoms with Crippen LogP contribution in [0.2, 0.25) is 0 Å². The molecule has 5 rings (SSSR count). The number of ether oxygens (including phenoxy) is 2. The molecule has 10 heteroatoms. The largest absolute Gasteiger partial charge is 0.488 e. The molecule has 0 unspecified atom stereocenters. The summed E-state index contributed by atoms with van der Waals surface area (Å²) in [4.78, 5) is 25.9. The van der Waals surface area contributed by atoms with E-state index in [9.17, 15) is 14.3 Å². The number of hydrogen-bond acceptors (Lipinski definition) is 8. The molecule has 3 aromatic heterocycles. The third kappa shape index (κ3) is 5.60. The van der Waals surface area contributed by atoms with Crippen molar-refractivity contribution in [2.24, 2.45) is 0 Å². The maximum atomic E-state index is 14.4. The Morgan fingerprint density at radius 1 is 1.05 bits per heavy atom. The predicted octanol–water partition coefficient (Wildman–Crippen LogP) is 4.21. The molecular formula is C29H26FN5O4. The van der Waals surface area contributed by atoms with Crippen molar-refractivity contribution in [3.05, 3.63) is 101 Å². The molecular weight excluding hydrogens is 501 g/mol. The van der Waals surface area contributed by atoms with Crippen molar-refractivity contribution >= 4 is 16.9 Å². The van der Waals surface area contributed by atoms with Crippen LogP contribution in [0.4, 0.5) is 4.39 Å². The Morgan fingerprint density at radius 2 is 1.87 bits per heavy atom. The van der Waals surface area contributed by atoms with E-state index in [1.54, 1.807) is 42.1 Å². The highest BCUT2D eigenvalue weighted by atomic mass is 19.1. The molecule has 2 aromatic carbocycles. The number of rotatable bonds is 10. The zero-order chi connectivity index (χ0) is 27.2. The van der Waals surface area contributed by atoms with Crippen LogP contribution in [0.1, 0.15) is 34.1 Å². The standard InChI is InChI=1S/C29H26FN5O4/c1-2-38-29(37)22-16-31-12-11-19(22)15-24-26(39-14-13-36)17-32-28(33-24)27-21-8-4-6-10-25(21)35(34-27)18-20-7-3-5-9-23(20)30/h3-12,16-17,36H,2,13-15,18H2,1H3. The molecule has 3 heterocycles. The molecule has 5 aromatic rings. The Bertz CT molecular complexity index is 1620. The quantitative estimate of drug-likeness (QED) is 0.269. The van der Waals surface area contributed by atoms with E-state index >= 15 is 0 Å². The van der Waals surface area contributed by atoms with Crippen LogP contribution in [-0.2, 0) is 17.7 Å². The highest BCUT2D eigenvalue weighted by Gasteiger charge is 2.20. The number of nitrogens with zero attached hydrogens (tertiary/aromatic N) is 5. The van der Waals surface area contributed by atoms with E-state index in [-0.39, 0.29) is 38.6 Å². The van der Waals surface area contributed by atoms with Gasteiger partial charge in [0.1, 0.15) is 18.1 Å². The van der Waals surface area contributed by atoms with E-state index in [4.69, 9.17) is 19.6 Å². The average Bonchev–Trinajstić information content (AvgIpc) is 3.32. The highest BCUT2D eigenvalue weighted by molar-refractivity contribution is 5.92. The fraction of sp³-hybridized carbons (Fsp3) is 0.207. The number of benzene rings is 2. The maximum absolute atomic E-state index is 14.4. The third-order valence-corrected chi connectivity index (χ3v) is 6.09. The van der Waals surface area contributed by atoms with Gasteiger partial charge in [-0.25, -0.2) is 19.2 Å². The summed E-state index contributed by atoms with van der Waals surface area (Å²) in [5.41, 5.74) is 3.32. The van der Waals surface area contributed by atoms with Gasteiger partial charge in [0.2, 0.25) is 0 Å². The molecule has 0 fully saturated rings. The van der Waals surface area contributed by atoms with Gasteiger partial charge in [-0.3, -0.25) is 9.67 Å². The Labute approximate surface area is 223 Å². The number of aliphatic hydroxyl groups is 1. The first-order valence-corrected chi connectivity index (χ1v) is 12.5. The predicted molar refractivity (Wildman–Crippen MR) is 142 cm³/mol. The van der Waals surface area contributed by atoms with Crippen molar-refractivity contribution in [1.29, 1.82) is 0 Å². The van der Waals surface area contributed by atoms with Crippen molar-refractivity contribution in [2.75, 3.05) is 19.8 Å². The molecule has 0 aliphatic heterocycles. The monoisotopic (exact) mass is 527 g/mol. The second-order valence-electron chi connectivity index (χ2n) is 8.62. The van der Waals surface area contributed by atoms with Gasteiger partial charge in [0.05, 0.1) is 42.7 Å². The molecule has 0 atom stereocenters. The first-order chi connectivity index (χ1) is 19.1. The summed E-state index contributed by atoms with van der Waals surface area (Å²) in [7, 11) is 0. The molecule has 0 saturated carbocycles. The Morgan fingerprint density at radius 3 is 2.69 bits per heavy atom. The van der Waals surface area contributed by atoms with Crippen LogP contribution >= 0.6 is 0 Å². The molecule has 0 aliphatic carbocycles. The SMILES string of the molecule is CCOC(=O)c1cnccc1Cc1nc(-c2nn(Cc3ccccc3F)c3ccccc23)ncc1OCCO. The van der Waals surface area contributed by atoms with Gasteiger partial charge in [0, 0.05) is 29.8 Å². The summed E-state index contributed by atoms with van der Waals surface area (Å²) in [5.74, 6) is -0.0750. The van der Waals surface area contributed by atoms with E-state index in [0.717, 1.165) is 10.9 Å². The van der Waals surface area contributed by atoms with E-state index in [2.05, 4.69) is 9.97 Å². The highest BCUT2D eigenvalue weighted by Crippen LogP contribution is 2.29. The lowest BCUT2D eigenvalue weighted by atomic mass is 10.0. The summed E-state index contributed by atoms with van der Waals surface area (Å²) < 4.78 is 27.0. The van der Waals surface area contributed by atoms with Crippen molar-refractivity contribution in [2.45, 2.75) is 19.9 Å². The third-order valence-electron chi connectivity index (χ3n) is 6.09. The van der Waals surface area contributed by atoms with E-state index in [1.165, 1.54) is 18.5 Å². The number of halogens is 1. The van der Waals surface area contributed by atoms with Crippen molar-refractivity contribution in [3.8, 4) is 17.3 Å². The average molecular weight is 528 g/mol. The molecule has 39 heavy (non-hydrogen) atoms. The van der Waals surface area contributed by atoms with Gasteiger partial charge in [-0.05, 0) is 30.7 Å². The number of esters is 1. The normalized spacial score (nSPS) is 11.1. The number of aromatic nitrogens is 5. The van der Waals surface area contributed by atoms with Crippen molar-refractivity contribution in [1.82, 2.24) is 24.7 Å². The molecule has 198 valence electrons. The van der Waals surface area contributed by atoms with E-state index < -0.39 is 5.97 Å². The van der Waals surface area contributed by atoms with Gasteiger partial charge in [0.25, 0.3) is 0 Å². The maximum Gasteiger partial charge on any atom is 0.339 e. The van der Waals surface area contributed by atoms with Gasteiger partial charge in [0.15, 0.2) is 11.6 Å². The lowest BCUT2D eigenvalue weighted by Gasteiger charge is -2.12. The number of hydrogen-bond donors (Lipinski definition) is 1. The van der Waals surface area contributed by atoms with Crippen LogP contribution in [0, 0.1) is 5.82 Å². The summed E-state index contributed by atoms with van der Waals surface area (Å²) in [5, 5.41) is 14.9. The zero-order valence-electron chi connectivity index (χ0n) is 21.2. The minimum atomic E-state index is -0.481. The number of pyridine rings is 1. The lowest BCUT2D eigenvalue weighted by molar-refractivity contribution is 0.0524. The van der Waals surface area contributed by atoms with E-state index in [0.29, 0.717) is 39.7 Å². The van der Waals surface area contributed by atoms with Gasteiger partial charge < -0.3 is 14.6 Å². The van der Waals surface area contributed by atoms with Crippen LogP contribution in [-0.4, -0.2) is 55.6 Å². The van der Waals surface area contributed by atoms with Crippen molar-refractivity contribution in [3.63, 3.8) is 0 Å². The molecule has 0 bridgehead atoms. The number of carbonyl (C=O) groups excluding carboxylic acids is 1. The van der Waals surface area contributed by atoms with Crippen LogP contribution < -0.4 is 4.74 Å². The van der Waals surface area contributed by atoms with Crippen LogP contribution in [0.3, 0.4) is 0 Å². The summed E-state index contributed by atoms with van der Waals surface area (Å²) >= 11 is 0.